The molecular weight excluding hydrogens is 707 g/mol. The number of allylic oxidation sites excluding steroid dienone is 5. The minimum absolute atomic E-state index is 0.00792. The first-order chi connectivity index (χ1) is 26.5. The highest BCUT2D eigenvalue weighted by Crippen LogP contribution is 2.38. The molecule has 0 aliphatic carbocycles. The number of amides is 1. The number of carbonyl (C=O) groups excluding carboxylic acids is 1. The van der Waals surface area contributed by atoms with E-state index in [9.17, 15) is 19.4 Å². The van der Waals surface area contributed by atoms with Gasteiger partial charge in [-0.2, -0.15) is 0 Å². The van der Waals surface area contributed by atoms with Crippen LogP contribution in [-0.2, 0) is 18.4 Å². The van der Waals surface area contributed by atoms with Crippen LogP contribution < -0.4 is 10.2 Å². The van der Waals surface area contributed by atoms with E-state index in [1.54, 1.807) is 6.08 Å². The number of rotatable bonds is 41. The van der Waals surface area contributed by atoms with Crippen LogP contribution in [0.25, 0.3) is 0 Å². The lowest BCUT2D eigenvalue weighted by Crippen LogP contribution is -2.45. The largest absolute Gasteiger partial charge is 0.756 e. The SMILES string of the molecule is CCCCCCCCCCCC/C=C/CC/C=C/CC/C=C/C(O)C(COP(=O)([O-])OCC[N+](C)(C)C)NC(=O)CCCCCCCCCCCCCCC. The van der Waals surface area contributed by atoms with Crippen molar-refractivity contribution < 1.29 is 32.9 Å². The monoisotopic (exact) mass is 797 g/mol. The normalized spacial score (nSPS) is 14.7. The van der Waals surface area contributed by atoms with Crippen LogP contribution >= 0.6 is 7.82 Å². The summed E-state index contributed by atoms with van der Waals surface area (Å²) in [6.45, 7) is 4.61. The first-order valence-corrected chi connectivity index (χ1v) is 24.3. The Balaban J connectivity index is 4.47. The van der Waals surface area contributed by atoms with Crippen LogP contribution in [0.15, 0.2) is 36.5 Å². The second-order valence-corrected chi connectivity index (χ2v) is 18.2. The lowest BCUT2D eigenvalue weighted by molar-refractivity contribution is -0.870. The Morgan fingerprint density at radius 3 is 1.47 bits per heavy atom. The quantitative estimate of drug-likeness (QED) is 0.0276. The molecule has 0 saturated carbocycles. The molecule has 3 unspecified atom stereocenters. The number of likely N-dealkylation sites (N-methyl/N-ethyl adjacent to an activating group) is 1. The van der Waals surface area contributed by atoms with Crippen LogP contribution in [0.3, 0.4) is 0 Å². The van der Waals surface area contributed by atoms with Gasteiger partial charge >= 0.3 is 0 Å². The van der Waals surface area contributed by atoms with E-state index < -0.39 is 26.6 Å². The van der Waals surface area contributed by atoms with Crippen molar-refractivity contribution in [2.75, 3.05) is 40.9 Å². The number of quaternary nitrogens is 1. The van der Waals surface area contributed by atoms with Crippen LogP contribution in [0.5, 0.6) is 0 Å². The molecule has 2 N–H and O–H groups in total. The van der Waals surface area contributed by atoms with E-state index in [1.807, 2.05) is 27.2 Å². The summed E-state index contributed by atoms with van der Waals surface area (Å²) in [5, 5.41) is 13.8. The molecule has 0 spiro atoms. The molecule has 55 heavy (non-hydrogen) atoms. The first-order valence-electron chi connectivity index (χ1n) is 22.9. The van der Waals surface area contributed by atoms with Crippen LogP contribution in [0.4, 0.5) is 0 Å². The molecule has 9 heteroatoms. The summed E-state index contributed by atoms with van der Waals surface area (Å²) in [6.07, 6.45) is 46.2. The predicted octanol–water partition coefficient (Wildman–Crippen LogP) is 12.1. The van der Waals surface area contributed by atoms with E-state index >= 15 is 0 Å². The van der Waals surface area contributed by atoms with Gasteiger partial charge in [0.05, 0.1) is 39.9 Å². The number of hydrogen-bond donors (Lipinski definition) is 2. The molecule has 0 rings (SSSR count). The summed E-state index contributed by atoms with van der Waals surface area (Å²) in [5.74, 6) is -0.212. The lowest BCUT2D eigenvalue weighted by atomic mass is 10.0. The number of phosphoric acid groups is 1. The number of phosphoric ester groups is 1. The van der Waals surface area contributed by atoms with Gasteiger partial charge in [-0.05, 0) is 44.9 Å². The number of unbranched alkanes of at least 4 members (excludes halogenated alkanes) is 24. The summed E-state index contributed by atoms with van der Waals surface area (Å²) < 4.78 is 23.2. The van der Waals surface area contributed by atoms with Gasteiger partial charge in [-0.3, -0.25) is 9.36 Å². The fourth-order valence-electron chi connectivity index (χ4n) is 6.42. The predicted molar refractivity (Wildman–Crippen MR) is 233 cm³/mol. The Labute approximate surface area is 340 Å². The summed E-state index contributed by atoms with van der Waals surface area (Å²) in [5.41, 5.74) is 0. The molecule has 0 aromatic heterocycles. The maximum Gasteiger partial charge on any atom is 0.268 e. The first kappa shape index (κ1) is 53.7. The summed E-state index contributed by atoms with van der Waals surface area (Å²) in [6, 6.07) is -0.905. The minimum atomic E-state index is -4.60. The topological polar surface area (TPSA) is 108 Å². The van der Waals surface area contributed by atoms with Crippen molar-refractivity contribution in [3.63, 3.8) is 0 Å². The molecule has 0 heterocycles. The van der Waals surface area contributed by atoms with Crippen molar-refractivity contribution in [1.29, 1.82) is 0 Å². The van der Waals surface area contributed by atoms with Crippen LogP contribution in [0.2, 0.25) is 0 Å². The maximum atomic E-state index is 12.8. The zero-order valence-electron chi connectivity index (χ0n) is 36.6. The van der Waals surface area contributed by atoms with Gasteiger partial charge in [-0.25, -0.2) is 0 Å². The maximum absolute atomic E-state index is 12.8. The van der Waals surface area contributed by atoms with Crippen molar-refractivity contribution in [3.8, 4) is 0 Å². The molecule has 0 saturated heterocycles. The van der Waals surface area contributed by atoms with Gasteiger partial charge < -0.3 is 28.8 Å². The molecule has 0 aromatic carbocycles. The number of nitrogens with zero attached hydrogens (tertiary/aromatic N) is 1. The second kappa shape index (κ2) is 38.2. The van der Waals surface area contributed by atoms with Gasteiger partial charge in [-0.1, -0.05) is 185 Å². The van der Waals surface area contributed by atoms with Gasteiger partial charge in [0.15, 0.2) is 0 Å². The van der Waals surface area contributed by atoms with Gasteiger partial charge in [0, 0.05) is 6.42 Å². The molecule has 0 fully saturated rings. The molecule has 324 valence electrons. The van der Waals surface area contributed by atoms with Crippen LogP contribution in [0, 0.1) is 0 Å². The number of aliphatic hydroxyl groups is 1. The number of hydrogen-bond acceptors (Lipinski definition) is 6. The average molecular weight is 797 g/mol. The summed E-state index contributed by atoms with van der Waals surface area (Å²) in [7, 11) is 1.24. The third-order valence-corrected chi connectivity index (χ3v) is 11.0. The highest BCUT2D eigenvalue weighted by Gasteiger charge is 2.23. The molecule has 0 aliphatic rings. The zero-order chi connectivity index (χ0) is 40.7. The van der Waals surface area contributed by atoms with Crippen molar-refractivity contribution >= 4 is 13.7 Å². The molecular formula is C46H89N2O6P. The Hall–Kier alpha value is -1.28. The Kier molecular flexibility index (Phi) is 37.4. The number of aliphatic hydroxyl groups excluding tert-OH is 1. The smallest absolute Gasteiger partial charge is 0.268 e. The van der Waals surface area contributed by atoms with Crippen molar-refractivity contribution in [2.24, 2.45) is 0 Å². The molecule has 0 aromatic rings. The van der Waals surface area contributed by atoms with E-state index in [4.69, 9.17) is 9.05 Å². The van der Waals surface area contributed by atoms with Crippen molar-refractivity contribution in [1.82, 2.24) is 5.32 Å². The Morgan fingerprint density at radius 1 is 0.618 bits per heavy atom. The second-order valence-electron chi connectivity index (χ2n) is 16.7. The molecule has 3 atom stereocenters. The third-order valence-electron chi connectivity index (χ3n) is 10.1. The van der Waals surface area contributed by atoms with E-state index in [0.29, 0.717) is 17.4 Å². The fourth-order valence-corrected chi connectivity index (χ4v) is 7.14. The van der Waals surface area contributed by atoms with E-state index in [1.165, 1.54) is 135 Å². The summed E-state index contributed by atoms with van der Waals surface area (Å²) in [4.78, 5) is 25.3. The van der Waals surface area contributed by atoms with Gasteiger partial charge in [-0.15, -0.1) is 0 Å². The fraction of sp³-hybridized carbons (Fsp3) is 0.848. The van der Waals surface area contributed by atoms with E-state index in [0.717, 1.165) is 44.9 Å². The molecule has 0 bridgehead atoms. The van der Waals surface area contributed by atoms with Crippen LogP contribution in [-0.4, -0.2) is 68.5 Å². The molecule has 8 nitrogen and oxygen atoms in total. The molecule has 0 radical (unpaired) electrons. The van der Waals surface area contributed by atoms with E-state index in [-0.39, 0.29) is 12.5 Å². The Bertz CT molecular complexity index is 995. The lowest BCUT2D eigenvalue weighted by Gasteiger charge is -2.29. The zero-order valence-corrected chi connectivity index (χ0v) is 37.5. The molecule has 0 aliphatic heterocycles. The Morgan fingerprint density at radius 2 is 1.02 bits per heavy atom. The van der Waals surface area contributed by atoms with Crippen molar-refractivity contribution in [3.05, 3.63) is 36.5 Å². The highest BCUT2D eigenvalue weighted by molar-refractivity contribution is 7.45. The minimum Gasteiger partial charge on any atom is -0.756 e. The van der Waals surface area contributed by atoms with Gasteiger partial charge in [0.2, 0.25) is 5.91 Å². The summed E-state index contributed by atoms with van der Waals surface area (Å²) >= 11 is 0. The van der Waals surface area contributed by atoms with Crippen molar-refractivity contribution in [2.45, 2.75) is 212 Å². The highest BCUT2D eigenvalue weighted by atomic mass is 31.2. The number of carbonyl (C=O) groups is 1. The standard InChI is InChI=1S/C46H89N2O6P/c1-6-8-10-12-14-16-18-20-21-22-23-24-25-26-28-29-31-33-35-37-39-45(49)44(43-54-55(51,52)53-42-41-48(3,4)5)47-46(50)40-38-36-34-32-30-27-19-17-15-13-11-9-7-2/h24-25,29,31,37,39,44-45,49H,6-23,26-28,30,32-36,38,40-43H2,1-5H3,(H-,47,50,51,52)/b25-24+,31-29+,39-37+. The third kappa shape index (κ3) is 40.7. The van der Waals surface area contributed by atoms with Crippen LogP contribution in [0.1, 0.15) is 200 Å². The van der Waals surface area contributed by atoms with Gasteiger partial charge in [0.1, 0.15) is 13.2 Å². The van der Waals surface area contributed by atoms with Gasteiger partial charge in [0.25, 0.3) is 7.82 Å². The number of nitrogens with one attached hydrogen (secondary N) is 1. The van der Waals surface area contributed by atoms with E-state index in [2.05, 4.69) is 43.5 Å². The average Bonchev–Trinajstić information content (AvgIpc) is 3.13. The molecule has 1 amide bonds.